The zero-order chi connectivity index (χ0) is 16.4. The third-order valence-corrected chi connectivity index (χ3v) is 4.35. The first kappa shape index (κ1) is 14.2. The van der Waals surface area contributed by atoms with Crippen LogP contribution < -0.4 is 5.32 Å². The van der Waals surface area contributed by atoms with Crippen LogP contribution in [-0.2, 0) is 5.41 Å². The van der Waals surface area contributed by atoms with E-state index < -0.39 is 0 Å². The molecule has 0 saturated heterocycles. The normalized spacial score (nSPS) is 16.1. The highest BCUT2D eigenvalue weighted by Gasteiger charge is 2.36. The maximum absolute atomic E-state index is 5.78. The van der Waals surface area contributed by atoms with Crippen molar-refractivity contribution < 1.29 is 4.42 Å². The average Bonchev–Trinajstić information content (AvgIpc) is 3.15. The van der Waals surface area contributed by atoms with Gasteiger partial charge in [-0.25, -0.2) is 9.97 Å². The van der Waals surface area contributed by atoms with Crippen LogP contribution in [0.15, 0.2) is 16.5 Å². The minimum Gasteiger partial charge on any atom is -0.458 e. The molecule has 120 valence electrons. The van der Waals surface area contributed by atoms with Gasteiger partial charge in [-0.1, -0.05) is 27.7 Å². The summed E-state index contributed by atoms with van der Waals surface area (Å²) < 4.78 is 7.61. The second kappa shape index (κ2) is 4.57. The first-order valence-corrected chi connectivity index (χ1v) is 7.98. The van der Waals surface area contributed by atoms with E-state index in [9.17, 15) is 0 Å². The van der Waals surface area contributed by atoms with Crippen LogP contribution in [-0.4, -0.2) is 26.1 Å². The largest absolute Gasteiger partial charge is 0.458 e. The Morgan fingerprint density at radius 2 is 2.04 bits per heavy atom. The molecule has 0 fully saturated rings. The Morgan fingerprint density at radius 3 is 2.70 bits per heavy atom. The Bertz CT molecular complexity index is 903. The standard InChI is InChI=1S/C17H21N5O/c1-9(2)13-19-16-12-14(18-8-17(12,4)5)20-15(22(16)21-13)11-7-6-10(3)23-11/h6-7,9,18H,8H2,1-5H3. The number of aryl methyl sites for hydroxylation is 1. The molecule has 4 rings (SSSR count). The molecule has 3 aromatic rings. The Hall–Kier alpha value is -2.37. The fourth-order valence-electron chi connectivity index (χ4n) is 3.06. The zero-order valence-electron chi connectivity index (χ0n) is 14.1. The molecule has 23 heavy (non-hydrogen) atoms. The van der Waals surface area contributed by atoms with Gasteiger partial charge in [0.15, 0.2) is 17.2 Å². The molecule has 1 aliphatic rings. The van der Waals surface area contributed by atoms with E-state index in [4.69, 9.17) is 19.5 Å². The lowest BCUT2D eigenvalue weighted by Gasteiger charge is -2.17. The van der Waals surface area contributed by atoms with E-state index in [-0.39, 0.29) is 11.3 Å². The first-order valence-electron chi connectivity index (χ1n) is 7.98. The molecule has 4 heterocycles. The smallest absolute Gasteiger partial charge is 0.200 e. The van der Waals surface area contributed by atoms with Crippen molar-refractivity contribution >= 4 is 11.5 Å². The zero-order valence-corrected chi connectivity index (χ0v) is 14.1. The van der Waals surface area contributed by atoms with Crippen molar-refractivity contribution in [3.8, 4) is 11.6 Å². The van der Waals surface area contributed by atoms with E-state index in [1.54, 1.807) is 0 Å². The fourth-order valence-corrected chi connectivity index (χ4v) is 3.06. The predicted molar refractivity (Wildman–Crippen MR) is 88.8 cm³/mol. The van der Waals surface area contributed by atoms with Crippen LogP contribution in [0.4, 0.5) is 5.82 Å². The van der Waals surface area contributed by atoms with Crippen LogP contribution in [0.3, 0.4) is 0 Å². The molecule has 0 radical (unpaired) electrons. The molecule has 6 heteroatoms. The second-order valence-electron chi connectivity index (χ2n) is 7.17. The SMILES string of the molecule is Cc1ccc(-c2nc3c(c4nc(C(C)C)nn24)C(C)(C)CN3)o1. The van der Waals surface area contributed by atoms with Gasteiger partial charge in [0.25, 0.3) is 0 Å². The van der Waals surface area contributed by atoms with Crippen molar-refractivity contribution in [3.63, 3.8) is 0 Å². The van der Waals surface area contributed by atoms with Gasteiger partial charge in [-0.3, -0.25) is 0 Å². The number of fused-ring (bicyclic) bond motifs is 3. The van der Waals surface area contributed by atoms with Crippen molar-refractivity contribution in [2.45, 2.75) is 46.0 Å². The lowest BCUT2D eigenvalue weighted by Crippen LogP contribution is -2.20. The minimum absolute atomic E-state index is 0.0253. The summed E-state index contributed by atoms with van der Waals surface area (Å²) in [4.78, 5) is 9.59. The van der Waals surface area contributed by atoms with Crippen LogP contribution in [0.2, 0.25) is 0 Å². The summed E-state index contributed by atoms with van der Waals surface area (Å²) in [5.74, 6) is 4.22. The maximum Gasteiger partial charge on any atom is 0.200 e. The predicted octanol–water partition coefficient (Wildman–Crippen LogP) is 3.52. The Kier molecular flexibility index (Phi) is 2.83. The van der Waals surface area contributed by atoms with E-state index in [1.807, 2.05) is 23.6 Å². The summed E-state index contributed by atoms with van der Waals surface area (Å²) in [6, 6.07) is 3.87. The van der Waals surface area contributed by atoms with E-state index in [0.717, 1.165) is 35.2 Å². The number of nitrogens with one attached hydrogen (secondary N) is 1. The second-order valence-corrected chi connectivity index (χ2v) is 7.17. The highest BCUT2D eigenvalue weighted by Crippen LogP contribution is 2.39. The molecule has 0 saturated carbocycles. The Labute approximate surface area is 134 Å². The van der Waals surface area contributed by atoms with Gasteiger partial charge >= 0.3 is 0 Å². The molecule has 0 amide bonds. The summed E-state index contributed by atoms with van der Waals surface area (Å²) in [6.45, 7) is 11.4. The number of hydrogen-bond acceptors (Lipinski definition) is 5. The van der Waals surface area contributed by atoms with Gasteiger partial charge in [-0.15, -0.1) is 5.10 Å². The van der Waals surface area contributed by atoms with Crippen LogP contribution in [0.25, 0.3) is 17.2 Å². The summed E-state index contributed by atoms with van der Waals surface area (Å²) in [5, 5.41) is 8.10. The first-order chi connectivity index (χ1) is 10.9. The summed E-state index contributed by atoms with van der Waals surface area (Å²) in [6.07, 6.45) is 0. The maximum atomic E-state index is 5.78. The van der Waals surface area contributed by atoms with Crippen molar-refractivity contribution in [1.29, 1.82) is 0 Å². The molecular weight excluding hydrogens is 290 g/mol. The monoisotopic (exact) mass is 311 g/mol. The van der Waals surface area contributed by atoms with Gasteiger partial charge in [0.1, 0.15) is 11.6 Å². The van der Waals surface area contributed by atoms with Gasteiger partial charge in [-0.2, -0.15) is 4.52 Å². The molecule has 0 atom stereocenters. The Balaban J connectivity index is 2.07. The number of nitrogens with zero attached hydrogens (tertiary/aromatic N) is 4. The molecule has 0 unspecified atom stereocenters. The fraction of sp³-hybridized carbons (Fsp3) is 0.471. The lowest BCUT2D eigenvalue weighted by molar-refractivity contribution is 0.541. The highest BCUT2D eigenvalue weighted by molar-refractivity contribution is 5.71. The topological polar surface area (TPSA) is 68.2 Å². The van der Waals surface area contributed by atoms with E-state index in [0.29, 0.717) is 11.6 Å². The lowest BCUT2D eigenvalue weighted by atomic mass is 9.88. The van der Waals surface area contributed by atoms with Crippen molar-refractivity contribution in [3.05, 3.63) is 29.3 Å². The van der Waals surface area contributed by atoms with Crippen LogP contribution in [0.5, 0.6) is 0 Å². The molecular formula is C17H21N5O. The quantitative estimate of drug-likeness (QED) is 0.784. The highest BCUT2D eigenvalue weighted by atomic mass is 16.3. The van der Waals surface area contributed by atoms with Crippen LogP contribution in [0, 0.1) is 6.92 Å². The summed E-state index contributed by atoms with van der Waals surface area (Å²) in [7, 11) is 0. The molecule has 0 aliphatic carbocycles. The van der Waals surface area contributed by atoms with Crippen LogP contribution in [0.1, 0.15) is 50.8 Å². The van der Waals surface area contributed by atoms with E-state index >= 15 is 0 Å². The van der Waals surface area contributed by atoms with Crippen molar-refractivity contribution in [2.75, 3.05) is 11.9 Å². The molecule has 0 aromatic carbocycles. The van der Waals surface area contributed by atoms with E-state index in [2.05, 4.69) is 33.0 Å². The van der Waals surface area contributed by atoms with Crippen LogP contribution >= 0.6 is 0 Å². The molecule has 3 aromatic heterocycles. The molecule has 1 N–H and O–H groups in total. The molecule has 0 bridgehead atoms. The van der Waals surface area contributed by atoms with Crippen molar-refractivity contribution in [1.82, 2.24) is 19.6 Å². The van der Waals surface area contributed by atoms with Crippen molar-refractivity contribution in [2.24, 2.45) is 0 Å². The molecule has 6 nitrogen and oxygen atoms in total. The summed E-state index contributed by atoms with van der Waals surface area (Å²) in [5.41, 5.74) is 1.98. The van der Waals surface area contributed by atoms with Gasteiger partial charge < -0.3 is 9.73 Å². The third-order valence-electron chi connectivity index (χ3n) is 4.35. The number of hydrogen-bond donors (Lipinski definition) is 1. The minimum atomic E-state index is -0.0253. The summed E-state index contributed by atoms with van der Waals surface area (Å²) >= 11 is 0. The third kappa shape index (κ3) is 2.04. The van der Waals surface area contributed by atoms with Gasteiger partial charge in [-0.05, 0) is 19.1 Å². The van der Waals surface area contributed by atoms with E-state index in [1.165, 1.54) is 0 Å². The Morgan fingerprint density at radius 1 is 1.26 bits per heavy atom. The number of aromatic nitrogens is 4. The molecule has 1 aliphatic heterocycles. The number of anilines is 1. The van der Waals surface area contributed by atoms with Gasteiger partial charge in [0, 0.05) is 23.4 Å². The average molecular weight is 311 g/mol. The van der Waals surface area contributed by atoms with Gasteiger partial charge in [0.05, 0.1) is 0 Å². The number of furan rings is 1. The number of rotatable bonds is 2. The van der Waals surface area contributed by atoms with Gasteiger partial charge in [0.2, 0.25) is 5.82 Å². The molecule has 0 spiro atoms.